The number of rotatable bonds is 4. The molecule has 94 valence electrons. The van der Waals surface area contributed by atoms with E-state index in [0.717, 1.165) is 23.5 Å². The molecule has 2 rings (SSSR count). The number of aromatic nitrogens is 2. The minimum atomic E-state index is -0.715. The van der Waals surface area contributed by atoms with E-state index in [0.29, 0.717) is 5.01 Å². The third-order valence-electron chi connectivity index (χ3n) is 1.95. The number of nitrogen functional groups attached to an aromatic ring is 1. The molecular formula is C9H7FN4O3S. The Labute approximate surface area is 104 Å². The molecule has 0 bridgehead atoms. The summed E-state index contributed by atoms with van der Waals surface area (Å²) in [5.74, 6) is -0.732. The Hall–Kier alpha value is -2.29. The van der Waals surface area contributed by atoms with Crippen molar-refractivity contribution in [1.82, 2.24) is 10.2 Å². The van der Waals surface area contributed by atoms with Crippen LogP contribution in [0.5, 0.6) is 5.75 Å². The third-order valence-corrected chi connectivity index (χ3v) is 2.68. The highest BCUT2D eigenvalue weighted by atomic mass is 32.1. The average Bonchev–Trinajstić information content (AvgIpc) is 2.73. The average molecular weight is 270 g/mol. The number of benzene rings is 1. The van der Waals surface area contributed by atoms with E-state index in [9.17, 15) is 14.5 Å². The first kappa shape index (κ1) is 12.2. The van der Waals surface area contributed by atoms with E-state index in [4.69, 9.17) is 10.5 Å². The van der Waals surface area contributed by atoms with Crippen LogP contribution in [-0.4, -0.2) is 15.1 Å². The lowest BCUT2D eigenvalue weighted by atomic mass is 10.3. The Bertz CT molecular complexity index is 589. The first-order chi connectivity index (χ1) is 8.56. The second-order valence-corrected chi connectivity index (χ2v) is 4.29. The first-order valence-electron chi connectivity index (χ1n) is 4.71. The van der Waals surface area contributed by atoms with Gasteiger partial charge in [-0.1, -0.05) is 11.3 Å². The van der Waals surface area contributed by atoms with E-state index < -0.39 is 16.4 Å². The molecule has 7 nitrogen and oxygen atoms in total. The van der Waals surface area contributed by atoms with Gasteiger partial charge in [-0.2, -0.15) is 0 Å². The maximum atomic E-state index is 12.9. The van der Waals surface area contributed by atoms with Gasteiger partial charge in [0.15, 0.2) is 10.8 Å². The van der Waals surface area contributed by atoms with Gasteiger partial charge < -0.3 is 10.5 Å². The Kier molecular flexibility index (Phi) is 3.33. The number of hydrogen-bond donors (Lipinski definition) is 1. The molecule has 1 heterocycles. The van der Waals surface area contributed by atoms with Crippen LogP contribution >= 0.6 is 11.3 Å². The molecule has 1 aromatic carbocycles. The lowest BCUT2D eigenvalue weighted by Gasteiger charge is -2.04. The molecule has 0 aliphatic carbocycles. The first-order valence-corrected chi connectivity index (χ1v) is 5.52. The fourth-order valence-corrected chi connectivity index (χ4v) is 1.74. The highest BCUT2D eigenvalue weighted by molar-refractivity contribution is 7.15. The van der Waals surface area contributed by atoms with Crippen LogP contribution in [-0.2, 0) is 6.61 Å². The van der Waals surface area contributed by atoms with Crippen molar-refractivity contribution in [2.75, 3.05) is 5.73 Å². The summed E-state index contributed by atoms with van der Waals surface area (Å²) in [6, 6.07) is 3.07. The van der Waals surface area contributed by atoms with Crippen molar-refractivity contribution >= 4 is 22.2 Å². The van der Waals surface area contributed by atoms with Crippen LogP contribution in [0.2, 0.25) is 0 Å². The summed E-state index contributed by atoms with van der Waals surface area (Å²) in [6.45, 7) is -0.0126. The fraction of sp³-hybridized carbons (Fsp3) is 0.111. The maximum absolute atomic E-state index is 12.9. The van der Waals surface area contributed by atoms with E-state index in [1.54, 1.807) is 0 Å². The van der Waals surface area contributed by atoms with Crippen LogP contribution in [0.15, 0.2) is 18.2 Å². The van der Waals surface area contributed by atoms with Gasteiger partial charge in [-0.3, -0.25) is 10.1 Å². The van der Waals surface area contributed by atoms with Crippen molar-refractivity contribution in [3.8, 4) is 5.75 Å². The van der Waals surface area contributed by atoms with Gasteiger partial charge >= 0.3 is 5.69 Å². The van der Waals surface area contributed by atoms with Gasteiger partial charge in [-0.05, 0) is 12.1 Å². The molecule has 2 aromatic rings. The van der Waals surface area contributed by atoms with Gasteiger partial charge in [0, 0.05) is 0 Å². The molecule has 9 heteroatoms. The van der Waals surface area contributed by atoms with Crippen LogP contribution in [0.3, 0.4) is 0 Å². The quantitative estimate of drug-likeness (QED) is 0.670. The summed E-state index contributed by atoms with van der Waals surface area (Å²) in [4.78, 5) is 9.99. The molecule has 0 saturated carbocycles. The fourth-order valence-electron chi connectivity index (χ4n) is 1.22. The molecule has 0 saturated heterocycles. The minimum absolute atomic E-state index is 0.0126. The number of nitro benzene ring substituents is 1. The van der Waals surface area contributed by atoms with Gasteiger partial charge in [0.1, 0.15) is 12.4 Å². The molecule has 0 radical (unpaired) electrons. The molecule has 0 aliphatic rings. The van der Waals surface area contributed by atoms with E-state index >= 15 is 0 Å². The summed E-state index contributed by atoms with van der Waals surface area (Å²) in [5, 5.41) is 18.7. The Morgan fingerprint density at radius 1 is 1.50 bits per heavy atom. The summed E-state index contributed by atoms with van der Waals surface area (Å²) in [5.41, 5.74) is 4.94. The zero-order valence-corrected chi connectivity index (χ0v) is 9.69. The highest BCUT2D eigenvalue weighted by Gasteiger charge is 2.16. The van der Waals surface area contributed by atoms with Crippen molar-refractivity contribution in [3.63, 3.8) is 0 Å². The van der Waals surface area contributed by atoms with Crippen molar-refractivity contribution in [1.29, 1.82) is 0 Å². The van der Waals surface area contributed by atoms with Crippen LogP contribution in [0, 0.1) is 15.9 Å². The topological polar surface area (TPSA) is 104 Å². The van der Waals surface area contributed by atoms with E-state index in [1.807, 2.05) is 0 Å². The van der Waals surface area contributed by atoms with Gasteiger partial charge in [0.05, 0.1) is 11.0 Å². The van der Waals surface area contributed by atoms with Crippen molar-refractivity contribution in [2.45, 2.75) is 6.61 Å². The molecular weight excluding hydrogens is 263 g/mol. The van der Waals surface area contributed by atoms with Crippen LogP contribution in [0.1, 0.15) is 5.01 Å². The zero-order chi connectivity index (χ0) is 13.1. The molecule has 0 spiro atoms. The number of hydrogen-bond acceptors (Lipinski definition) is 7. The number of nitro groups is 1. The smallest absolute Gasteiger partial charge is 0.313 e. The van der Waals surface area contributed by atoms with E-state index in [2.05, 4.69) is 10.2 Å². The van der Waals surface area contributed by atoms with E-state index in [1.165, 1.54) is 6.07 Å². The second kappa shape index (κ2) is 4.92. The molecule has 0 aliphatic heterocycles. The van der Waals surface area contributed by atoms with Crippen molar-refractivity contribution in [3.05, 3.63) is 39.1 Å². The summed E-state index contributed by atoms with van der Waals surface area (Å²) < 4.78 is 18.1. The minimum Gasteiger partial charge on any atom is -0.479 e. The SMILES string of the molecule is Nc1nnc(COc2ccc(F)cc2[N+](=O)[O-])s1. The normalized spacial score (nSPS) is 10.3. The van der Waals surface area contributed by atoms with Crippen molar-refractivity contribution < 1.29 is 14.1 Å². The number of ether oxygens (including phenoxy) is 1. The lowest BCUT2D eigenvalue weighted by Crippen LogP contribution is -1.99. The van der Waals surface area contributed by atoms with Crippen molar-refractivity contribution in [2.24, 2.45) is 0 Å². The van der Waals surface area contributed by atoms with Crippen LogP contribution < -0.4 is 10.5 Å². The predicted octanol–water partition coefficient (Wildman–Crippen LogP) is 1.75. The Morgan fingerprint density at radius 2 is 2.28 bits per heavy atom. The summed E-state index contributed by atoms with van der Waals surface area (Å²) in [6.07, 6.45) is 0. The van der Waals surface area contributed by atoms with Gasteiger partial charge in [-0.15, -0.1) is 10.2 Å². The molecule has 0 amide bonds. The lowest BCUT2D eigenvalue weighted by molar-refractivity contribution is -0.386. The second-order valence-electron chi connectivity index (χ2n) is 3.19. The number of nitrogens with zero attached hydrogens (tertiary/aromatic N) is 3. The number of anilines is 1. The maximum Gasteiger partial charge on any atom is 0.313 e. The Morgan fingerprint density at radius 3 is 2.89 bits per heavy atom. The highest BCUT2D eigenvalue weighted by Crippen LogP contribution is 2.28. The third kappa shape index (κ3) is 2.69. The molecule has 18 heavy (non-hydrogen) atoms. The molecule has 1 aromatic heterocycles. The standard InChI is InChI=1S/C9H7FN4O3S/c10-5-1-2-7(6(3-5)14(15)16)17-4-8-12-13-9(11)18-8/h1-3H,4H2,(H2,11,13). The van der Waals surface area contributed by atoms with Crippen LogP contribution in [0.25, 0.3) is 0 Å². The van der Waals surface area contributed by atoms with E-state index in [-0.39, 0.29) is 17.5 Å². The zero-order valence-electron chi connectivity index (χ0n) is 8.87. The monoisotopic (exact) mass is 270 g/mol. The van der Waals surface area contributed by atoms with Gasteiger partial charge in [0.2, 0.25) is 5.13 Å². The molecule has 0 fully saturated rings. The number of nitrogens with two attached hydrogens (primary N) is 1. The number of halogens is 1. The largest absolute Gasteiger partial charge is 0.479 e. The molecule has 2 N–H and O–H groups in total. The predicted molar refractivity (Wildman–Crippen MR) is 61.7 cm³/mol. The van der Waals surface area contributed by atoms with Gasteiger partial charge in [-0.25, -0.2) is 4.39 Å². The Balaban J connectivity index is 2.16. The summed E-state index contributed by atoms with van der Waals surface area (Å²) in [7, 11) is 0. The van der Waals surface area contributed by atoms with Crippen LogP contribution in [0.4, 0.5) is 15.2 Å². The molecule has 0 unspecified atom stereocenters. The van der Waals surface area contributed by atoms with Gasteiger partial charge in [0.25, 0.3) is 0 Å². The molecule has 0 atom stereocenters. The summed E-state index contributed by atoms with van der Waals surface area (Å²) >= 11 is 1.11.